The van der Waals surface area contributed by atoms with E-state index < -0.39 is 0 Å². The van der Waals surface area contributed by atoms with Crippen LogP contribution in [0.2, 0.25) is 0 Å². The van der Waals surface area contributed by atoms with Gasteiger partial charge in [-0.25, -0.2) is 9.40 Å². The molecule has 1 N–H and O–H groups in total. The van der Waals surface area contributed by atoms with E-state index in [4.69, 9.17) is 0 Å². The van der Waals surface area contributed by atoms with Crippen LogP contribution in [0.4, 0.5) is 4.39 Å². The van der Waals surface area contributed by atoms with Gasteiger partial charge < -0.3 is 4.57 Å². The van der Waals surface area contributed by atoms with Crippen LogP contribution in [0.25, 0.3) is 0 Å². The van der Waals surface area contributed by atoms with Gasteiger partial charge in [-0.1, -0.05) is 12.1 Å². The molecular weight excluding hydrogens is 305 g/mol. The Kier molecular flexibility index (Phi) is 4.71. The third-order valence-corrected chi connectivity index (χ3v) is 4.95. The van der Waals surface area contributed by atoms with Gasteiger partial charge in [-0.2, -0.15) is 0 Å². The predicted octanol–water partition coefficient (Wildman–Crippen LogP) is 3.34. The average molecular weight is 329 g/mol. The van der Waals surface area contributed by atoms with Crippen molar-refractivity contribution >= 4 is 5.91 Å². The van der Waals surface area contributed by atoms with Crippen LogP contribution in [0, 0.1) is 26.6 Å². The Morgan fingerprint density at radius 1 is 1.17 bits per heavy atom. The van der Waals surface area contributed by atoms with Gasteiger partial charge in [0.05, 0.1) is 0 Å². The van der Waals surface area contributed by atoms with Crippen molar-refractivity contribution < 1.29 is 9.18 Å². The number of nitrogens with zero attached hydrogens (tertiary/aromatic N) is 2. The summed E-state index contributed by atoms with van der Waals surface area (Å²) in [7, 11) is 0. The standard InChI is InChI=1S/C19H24FN3O/c1-13-14(2)18(19(24)21-22-9-4-5-10-22)23(15(13)3)12-16-7-6-8-17(20)11-16/h6-8,11H,4-5,9-10,12H2,1-3H3,(H,21,24). The number of nitrogens with one attached hydrogen (secondary N) is 1. The Balaban J connectivity index is 1.92. The van der Waals surface area contributed by atoms with Gasteiger partial charge in [0.25, 0.3) is 5.91 Å². The fourth-order valence-corrected chi connectivity index (χ4v) is 3.36. The molecule has 0 saturated carbocycles. The van der Waals surface area contributed by atoms with Gasteiger partial charge in [0.1, 0.15) is 11.5 Å². The van der Waals surface area contributed by atoms with Crippen LogP contribution in [-0.2, 0) is 6.54 Å². The zero-order chi connectivity index (χ0) is 17.3. The third-order valence-electron chi connectivity index (χ3n) is 4.95. The second-order valence-corrected chi connectivity index (χ2v) is 6.54. The number of aromatic nitrogens is 1. The van der Waals surface area contributed by atoms with Crippen molar-refractivity contribution in [3.63, 3.8) is 0 Å². The molecule has 1 amide bonds. The number of hydrogen-bond acceptors (Lipinski definition) is 2. The Morgan fingerprint density at radius 2 is 1.88 bits per heavy atom. The summed E-state index contributed by atoms with van der Waals surface area (Å²) in [5.74, 6) is -0.337. The molecule has 4 nitrogen and oxygen atoms in total. The fourth-order valence-electron chi connectivity index (χ4n) is 3.36. The maximum absolute atomic E-state index is 13.5. The topological polar surface area (TPSA) is 37.3 Å². The summed E-state index contributed by atoms with van der Waals surface area (Å²) < 4.78 is 15.5. The van der Waals surface area contributed by atoms with Gasteiger partial charge in [0.15, 0.2) is 0 Å². The molecule has 2 aromatic rings. The molecule has 0 atom stereocenters. The monoisotopic (exact) mass is 329 g/mol. The molecule has 1 aromatic heterocycles. The van der Waals surface area contributed by atoms with Crippen molar-refractivity contribution in [3.05, 3.63) is 58.2 Å². The van der Waals surface area contributed by atoms with Gasteiger partial charge >= 0.3 is 0 Å². The number of carbonyl (C=O) groups is 1. The molecule has 0 unspecified atom stereocenters. The molecule has 1 saturated heterocycles. The summed E-state index contributed by atoms with van der Waals surface area (Å²) in [6.07, 6.45) is 2.23. The van der Waals surface area contributed by atoms with Crippen molar-refractivity contribution in [3.8, 4) is 0 Å². The lowest BCUT2D eigenvalue weighted by atomic mass is 10.1. The SMILES string of the molecule is Cc1c(C)c(C(=O)NN2CCCC2)n(Cc2cccc(F)c2)c1C. The molecule has 24 heavy (non-hydrogen) atoms. The third kappa shape index (κ3) is 3.22. The first-order valence-electron chi connectivity index (χ1n) is 8.44. The fraction of sp³-hybridized carbons (Fsp3) is 0.421. The molecule has 1 aliphatic rings. The Labute approximate surface area is 142 Å². The van der Waals surface area contributed by atoms with E-state index in [1.54, 1.807) is 6.07 Å². The van der Waals surface area contributed by atoms with Crippen molar-refractivity contribution in [1.29, 1.82) is 0 Å². The summed E-state index contributed by atoms with van der Waals surface area (Å²) in [5, 5.41) is 1.98. The molecule has 3 rings (SSSR count). The van der Waals surface area contributed by atoms with Gasteiger partial charge in [-0.15, -0.1) is 0 Å². The highest BCUT2D eigenvalue weighted by Crippen LogP contribution is 2.23. The summed E-state index contributed by atoms with van der Waals surface area (Å²) in [6, 6.07) is 6.54. The van der Waals surface area contributed by atoms with Crippen LogP contribution in [0.3, 0.4) is 0 Å². The maximum atomic E-state index is 13.5. The quantitative estimate of drug-likeness (QED) is 0.934. The first kappa shape index (κ1) is 16.7. The average Bonchev–Trinajstić information content (AvgIpc) is 3.11. The summed E-state index contributed by atoms with van der Waals surface area (Å²) in [4.78, 5) is 12.8. The smallest absolute Gasteiger partial charge is 0.282 e. The molecule has 0 aliphatic carbocycles. The molecular formula is C19H24FN3O. The molecule has 0 bridgehead atoms. The first-order chi connectivity index (χ1) is 11.5. The van der Waals surface area contributed by atoms with Crippen molar-refractivity contribution in [1.82, 2.24) is 15.0 Å². The highest BCUT2D eigenvalue weighted by Gasteiger charge is 2.23. The number of carbonyl (C=O) groups excluding carboxylic acids is 1. The van der Waals surface area contributed by atoms with Crippen molar-refractivity contribution in [2.75, 3.05) is 13.1 Å². The predicted molar refractivity (Wildman–Crippen MR) is 92.4 cm³/mol. The van der Waals surface area contributed by atoms with Crippen LogP contribution in [0.5, 0.6) is 0 Å². The summed E-state index contributed by atoms with van der Waals surface area (Å²) in [6.45, 7) is 8.29. The minimum atomic E-state index is -0.256. The van der Waals surface area contributed by atoms with Crippen LogP contribution in [0.1, 0.15) is 45.7 Å². The zero-order valence-electron chi connectivity index (χ0n) is 14.5. The molecule has 1 aromatic carbocycles. The maximum Gasteiger partial charge on any atom is 0.282 e. The van der Waals surface area contributed by atoms with Crippen LogP contribution < -0.4 is 5.43 Å². The molecule has 1 aliphatic heterocycles. The van der Waals surface area contributed by atoms with E-state index >= 15 is 0 Å². The van der Waals surface area contributed by atoms with Gasteiger partial charge in [-0.05, 0) is 62.4 Å². The second kappa shape index (κ2) is 6.77. The highest BCUT2D eigenvalue weighted by molar-refractivity contribution is 5.94. The molecule has 5 heteroatoms. The summed E-state index contributed by atoms with van der Waals surface area (Å²) >= 11 is 0. The van der Waals surface area contributed by atoms with E-state index in [0.717, 1.165) is 48.3 Å². The Bertz CT molecular complexity index is 760. The van der Waals surface area contributed by atoms with Crippen LogP contribution in [0.15, 0.2) is 24.3 Å². The van der Waals surface area contributed by atoms with Crippen molar-refractivity contribution in [2.45, 2.75) is 40.2 Å². The van der Waals surface area contributed by atoms with E-state index in [1.165, 1.54) is 12.1 Å². The Morgan fingerprint density at radius 3 is 2.54 bits per heavy atom. The minimum absolute atomic E-state index is 0.0815. The number of amides is 1. The zero-order valence-corrected chi connectivity index (χ0v) is 14.5. The molecule has 1 fully saturated rings. The molecule has 0 spiro atoms. The van der Waals surface area contributed by atoms with E-state index in [0.29, 0.717) is 12.2 Å². The number of benzene rings is 1. The van der Waals surface area contributed by atoms with E-state index in [-0.39, 0.29) is 11.7 Å². The number of hydrazine groups is 1. The van der Waals surface area contributed by atoms with Crippen molar-refractivity contribution in [2.24, 2.45) is 0 Å². The van der Waals surface area contributed by atoms with Crippen LogP contribution in [-0.4, -0.2) is 28.6 Å². The van der Waals surface area contributed by atoms with Crippen LogP contribution >= 0.6 is 0 Å². The lowest BCUT2D eigenvalue weighted by Crippen LogP contribution is -2.41. The molecule has 0 radical (unpaired) electrons. The number of rotatable bonds is 4. The molecule has 2 heterocycles. The van der Waals surface area contributed by atoms with E-state index in [1.807, 2.05) is 36.4 Å². The largest absolute Gasteiger partial charge is 0.336 e. The Hall–Kier alpha value is -2.14. The van der Waals surface area contributed by atoms with Gasteiger partial charge in [0.2, 0.25) is 0 Å². The van der Waals surface area contributed by atoms with E-state index in [9.17, 15) is 9.18 Å². The van der Waals surface area contributed by atoms with E-state index in [2.05, 4.69) is 5.43 Å². The minimum Gasteiger partial charge on any atom is -0.336 e. The lowest BCUT2D eigenvalue weighted by Gasteiger charge is -2.18. The number of halogens is 1. The first-order valence-corrected chi connectivity index (χ1v) is 8.44. The van der Waals surface area contributed by atoms with Gasteiger partial charge in [-0.3, -0.25) is 10.2 Å². The normalized spacial score (nSPS) is 15.0. The molecule has 128 valence electrons. The highest BCUT2D eigenvalue weighted by atomic mass is 19.1. The number of hydrogen-bond donors (Lipinski definition) is 1. The second-order valence-electron chi connectivity index (χ2n) is 6.54. The summed E-state index contributed by atoms with van der Waals surface area (Å²) in [5.41, 5.74) is 7.67. The van der Waals surface area contributed by atoms with Gasteiger partial charge in [0, 0.05) is 25.3 Å². The lowest BCUT2D eigenvalue weighted by molar-refractivity contribution is 0.0815.